The second-order valence-electron chi connectivity index (χ2n) is 6.80. The number of benzene rings is 2. The zero-order chi connectivity index (χ0) is 21.8. The number of nitrogens with zero attached hydrogens (tertiary/aromatic N) is 2. The molecule has 0 spiro atoms. The molecule has 0 unspecified atom stereocenters. The predicted octanol–water partition coefficient (Wildman–Crippen LogP) is 3.09. The fraction of sp³-hybridized carbons (Fsp3) is 0.250. The fourth-order valence-electron chi connectivity index (χ4n) is 3.01. The zero-order valence-electron chi connectivity index (χ0n) is 16.0. The van der Waals surface area contributed by atoms with Crippen molar-refractivity contribution in [2.45, 2.75) is 13.3 Å². The molecule has 0 bridgehead atoms. The molecule has 1 heterocycles. The van der Waals surface area contributed by atoms with Crippen LogP contribution in [0.3, 0.4) is 0 Å². The Kier molecular flexibility index (Phi) is 6.31. The Morgan fingerprint density at radius 2 is 2.07 bits per heavy atom. The number of aryl methyl sites for hydroxylation is 1. The van der Waals surface area contributed by atoms with Gasteiger partial charge in [-0.25, -0.2) is 0 Å². The van der Waals surface area contributed by atoms with E-state index in [9.17, 15) is 24.5 Å². The Labute approximate surface area is 176 Å². The van der Waals surface area contributed by atoms with Crippen LogP contribution in [0.1, 0.15) is 12.0 Å². The number of nitrogens with one attached hydrogen (secondary N) is 1. The van der Waals surface area contributed by atoms with Crippen molar-refractivity contribution >= 4 is 46.4 Å². The summed E-state index contributed by atoms with van der Waals surface area (Å²) < 4.78 is 5.04. The molecule has 1 atom stereocenters. The lowest BCUT2D eigenvalue weighted by Crippen LogP contribution is -2.28. The highest BCUT2D eigenvalue weighted by molar-refractivity contribution is 6.31. The molecule has 0 aliphatic carbocycles. The number of non-ortho nitro benzene ring substituents is 1. The van der Waals surface area contributed by atoms with Gasteiger partial charge in [-0.15, -0.1) is 0 Å². The van der Waals surface area contributed by atoms with Gasteiger partial charge in [0, 0.05) is 35.8 Å². The molecule has 30 heavy (non-hydrogen) atoms. The number of rotatable bonds is 6. The van der Waals surface area contributed by atoms with Crippen LogP contribution < -0.4 is 10.2 Å². The van der Waals surface area contributed by atoms with Gasteiger partial charge in [0.1, 0.15) is 0 Å². The maximum absolute atomic E-state index is 12.3. The summed E-state index contributed by atoms with van der Waals surface area (Å²) in [5.74, 6) is -2.34. The van der Waals surface area contributed by atoms with Crippen LogP contribution >= 0.6 is 11.6 Å². The van der Waals surface area contributed by atoms with Crippen molar-refractivity contribution in [2.75, 3.05) is 23.4 Å². The van der Waals surface area contributed by atoms with Crippen LogP contribution in [0.2, 0.25) is 5.02 Å². The zero-order valence-corrected chi connectivity index (χ0v) is 16.7. The van der Waals surface area contributed by atoms with Crippen LogP contribution in [-0.2, 0) is 19.1 Å². The SMILES string of the molecule is Cc1ccc(NC(=O)COC(=O)[C@@H]2CC(=O)N(c3cccc([N+](=O)[O-])c3)C2)cc1Cl. The molecular weight excluding hydrogens is 414 g/mol. The molecule has 3 rings (SSSR count). The van der Waals surface area contributed by atoms with Crippen LogP contribution in [0.15, 0.2) is 42.5 Å². The number of anilines is 2. The third kappa shape index (κ3) is 4.93. The number of ether oxygens (including phenoxy) is 1. The van der Waals surface area contributed by atoms with E-state index in [-0.39, 0.29) is 24.6 Å². The number of carbonyl (C=O) groups excluding carboxylic acids is 3. The first-order valence-corrected chi connectivity index (χ1v) is 9.40. The number of carbonyl (C=O) groups is 3. The third-order valence-corrected chi connectivity index (χ3v) is 5.02. The predicted molar refractivity (Wildman–Crippen MR) is 109 cm³/mol. The quantitative estimate of drug-likeness (QED) is 0.426. The molecule has 0 saturated carbocycles. The fourth-order valence-corrected chi connectivity index (χ4v) is 3.19. The number of esters is 1. The van der Waals surface area contributed by atoms with Gasteiger partial charge in [-0.05, 0) is 30.7 Å². The summed E-state index contributed by atoms with van der Waals surface area (Å²) in [6.45, 7) is 1.34. The topological polar surface area (TPSA) is 119 Å². The third-order valence-electron chi connectivity index (χ3n) is 4.61. The Morgan fingerprint density at radius 1 is 1.30 bits per heavy atom. The molecule has 2 aromatic carbocycles. The minimum absolute atomic E-state index is 0.0218. The van der Waals surface area contributed by atoms with Gasteiger partial charge in [-0.1, -0.05) is 23.7 Å². The van der Waals surface area contributed by atoms with Crippen molar-refractivity contribution in [3.05, 3.63) is 63.2 Å². The number of hydrogen-bond donors (Lipinski definition) is 1. The molecule has 1 aliphatic rings. The minimum Gasteiger partial charge on any atom is -0.455 e. The average Bonchev–Trinajstić information content (AvgIpc) is 3.11. The smallest absolute Gasteiger partial charge is 0.311 e. The summed E-state index contributed by atoms with van der Waals surface area (Å²) in [5.41, 5.74) is 1.51. The highest BCUT2D eigenvalue weighted by atomic mass is 35.5. The summed E-state index contributed by atoms with van der Waals surface area (Å²) in [6.07, 6.45) is -0.100. The Balaban J connectivity index is 1.55. The molecule has 156 valence electrons. The minimum atomic E-state index is -0.765. The maximum atomic E-state index is 12.3. The number of nitro groups is 1. The van der Waals surface area contributed by atoms with E-state index in [2.05, 4.69) is 5.32 Å². The molecule has 10 heteroatoms. The van der Waals surface area contributed by atoms with Crippen molar-refractivity contribution in [3.63, 3.8) is 0 Å². The number of nitro benzene ring substituents is 1. The van der Waals surface area contributed by atoms with Gasteiger partial charge >= 0.3 is 5.97 Å². The molecule has 9 nitrogen and oxygen atoms in total. The molecule has 1 fully saturated rings. The summed E-state index contributed by atoms with van der Waals surface area (Å²) >= 11 is 6.01. The van der Waals surface area contributed by atoms with Crippen LogP contribution in [0, 0.1) is 23.0 Å². The van der Waals surface area contributed by atoms with E-state index in [0.29, 0.717) is 16.4 Å². The largest absolute Gasteiger partial charge is 0.455 e. The lowest BCUT2D eigenvalue weighted by atomic mass is 10.1. The van der Waals surface area contributed by atoms with E-state index in [1.54, 1.807) is 24.3 Å². The molecule has 2 aromatic rings. The Bertz CT molecular complexity index is 1030. The summed E-state index contributed by atoms with van der Waals surface area (Å²) in [4.78, 5) is 48.2. The van der Waals surface area contributed by atoms with Gasteiger partial charge in [0.15, 0.2) is 6.61 Å². The van der Waals surface area contributed by atoms with Gasteiger partial charge in [-0.3, -0.25) is 24.5 Å². The van der Waals surface area contributed by atoms with Crippen LogP contribution in [0.25, 0.3) is 0 Å². The van der Waals surface area contributed by atoms with E-state index < -0.39 is 29.3 Å². The summed E-state index contributed by atoms with van der Waals surface area (Å²) in [7, 11) is 0. The molecule has 0 radical (unpaired) electrons. The van der Waals surface area contributed by atoms with Crippen LogP contribution in [-0.4, -0.2) is 35.9 Å². The second-order valence-corrected chi connectivity index (χ2v) is 7.21. The van der Waals surface area contributed by atoms with E-state index in [0.717, 1.165) is 5.56 Å². The van der Waals surface area contributed by atoms with Crippen molar-refractivity contribution in [1.29, 1.82) is 0 Å². The van der Waals surface area contributed by atoms with E-state index >= 15 is 0 Å². The van der Waals surface area contributed by atoms with Crippen LogP contribution in [0.5, 0.6) is 0 Å². The monoisotopic (exact) mass is 431 g/mol. The first kappa shape index (κ1) is 21.3. The van der Waals surface area contributed by atoms with E-state index in [1.165, 1.54) is 23.1 Å². The number of halogens is 1. The van der Waals surface area contributed by atoms with Crippen LogP contribution in [0.4, 0.5) is 17.1 Å². The second kappa shape index (κ2) is 8.91. The highest BCUT2D eigenvalue weighted by Gasteiger charge is 2.36. The number of amides is 2. The van der Waals surface area contributed by atoms with E-state index in [1.807, 2.05) is 6.92 Å². The average molecular weight is 432 g/mol. The number of hydrogen-bond acceptors (Lipinski definition) is 6. The molecule has 1 N–H and O–H groups in total. The summed E-state index contributed by atoms with van der Waals surface area (Å²) in [5, 5.41) is 14.0. The molecule has 1 aliphatic heterocycles. The van der Waals surface area contributed by atoms with Crippen molar-refractivity contribution in [2.24, 2.45) is 5.92 Å². The lowest BCUT2D eigenvalue weighted by Gasteiger charge is -2.16. The van der Waals surface area contributed by atoms with Gasteiger partial charge in [-0.2, -0.15) is 0 Å². The first-order valence-electron chi connectivity index (χ1n) is 9.02. The Hall–Kier alpha value is -3.46. The Morgan fingerprint density at radius 3 is 2.77 bits per heavy atom. The van der Waals surface area contributed by atoms with Gasteiger partial charge in [0.2, 0.25) is 5.91 Å². The standard InChI is InChI=1S/C20H18ClN3O6/c1-12-5-6-14(8-17(12)21)22-18(25)11-30-20(27)13-7-19(26)23(10-13)15-3-2-4-16(9-15)24(28)29/h2-6,8-9,13H,7,10-11H2,1H3,(H,22,25)/t13-/m1/s1. The molecule has 0 aromatic heterocycles. The summed E-state index contributed by atoms with van der Waals surface area (Å²) in [6, 6.07) is 10.6. The lowest BCUT2D eigenvalue weighted by molar-refractivity contribution is -0.384. The molecule has 2 amide bonds. The maximum Gasteiger partial charge on any atom is 0.311 e. The van der Waals surface area contributed by atoms with Gasteiger partial charge in [0.25, 0.3) is 11.6 Å². The van der Waals surface area contributed by atoms with Crippen molar-refractivity contribution in [3.8, 4) is 0 Å². The van der Waals surface area contributed by atoms with Crippen molar-refractivity contribution in [1.82, 2.24) is 0 Å². The van der Waals surface area contributed by atoms with Crippen molar-refractivity contribution < 1.29 is 24.0 Å². The normalized spacial score (nSPS) is 15.7. The molecular formula is C20H18ClN3O6. The molecule has 1 saturated heterocycles. The first-order chi connectivity index (χ1) is 14.2. The van der Waals surface area contributed by atoms with Gasteiger partial charge in [0.05, 0.1) is 16.5 Å². The highest BCUT2D eigenvalue weighted by Crippen LogP contribution is 2.28. The van der Waals surface area contributed by atoms with Gasteiger partial charge < -0.3 is 15.0 Å². The van der Waals surface area contributed by atoms with E-state index in [4.69, 9.17) is 16.3 Å².